The van der Waals surface area contributed by atoms with E-state index in [1.807, 2.05) is 4.98 Å². The van der Waals surface area contributed by atoms with E-state index in [4.69, 9.17) is 9.79 Å². The first-order valence-corrected chi connectivity index (χ1v) is 6.50. The van der Waals surface area contributed by atoms with E-state index in [2.05, 4.69) is 0 Å². The Morgan fingerprint density at radius 1 is 1.16 bits per heavy atom. The Bertz CT molecular complexity index is 747. The molecule has 2 aromatic rings. The number of fused-ring (bicyclic) bond motifs is 1. The van der Waals surface area contributed by atoms with Gasteiger partial charge in [-0.05, 0) is 23.6 Å². The second kappa shape index (κ2) is 4.19. The molecule has 0 radical (unpaired) electrons. The van der Waals surface area contributed by atoms with Gasteiger partial charge in [-0.15, -0.1) is 0 Å². The van der Waals surface area contributed by atoms with Crippen molar-refractivity contribution in [2.45, 2.75) is 6.18 Å². The van der Waals surface area contributed by atoms with Gasteiger partial charge >= 0.3 is 13.8 Å². The summed E-state index contributed by atoms with van der Waals surface area (Å²) in [6.07, 6.45) is -4.56. The molecule has 3 N–H and O–H groups in total. The standard InChI is InChI=1S/C10H7F3NO4P/c11-10(12,13)6-2-1-5-3-8(19(16,17)18)9(15)14-7(5)4-6/h1-4H,(H,14,15)(H2,16,17,18). The maximum atomic E-state index is 12.5. The Morgan fingerprint density at radius 2 is 1.79 bits per heavy atom. The number of aromatic amines is 1. The average Bonchev–Trinajstić information content (AvgIpc) is 2.24. The number of alkyl halides is 3. The van der Waals surface area contributed by atoms with Crippen LogP contribution >= 0.6 is 7.60 Å². The SMILES string of the molecule is O=c1[nH]c2cc(C(F)(F)F)ccc2cc1P(=O)(O)O. The fourth-order valence-corrected chi connectivity index (χ4v) is 2.21. The van der Waals surface area contributed by atoms with Crippen molar-refractivity contribution in [1.82, 2.24) is 4.98 Å². The maximum absolute atomic E-state index is 12.5. The molecule has 19 heavy (non-hydrogen) atoms. The Hall–Kier alpha value is -1.63. The molecule has 0 fully saturated rings. The lowest BCUT2D eigenvalue weighted by Gasteiger charge is -2.09. The Morgan fingerprint density at radius 3 is 2.32 bits per heavy atom. The van der Waals surface area contributed by atoms with Crippen LogP contribution in [0, 0.1) is 0 Å². The van der Waals surface area contributed by atoms with E-state index in [0.29, 0.717) is 6.07 Å². The highest BCUT2D eigenvalue weighted by molar-refractivity contribution is 7.60. The predicted molar refractivity (Wildman–Crippen MR) is 61.2 cm³/mol. The molecule has 0 aliphatic carbocycles. The van der Waals surface area contributed by atoms with E-state index in [0.717, 1.165) is 18.2 Å². The van der Waals surface area contributed by atoms with Gasteiger partial charge in [0.1, 0.15) is 5.30 Å². The van der Waals surface area contributed by atoms with Gasteiger partial charge in [-0.25, -0.2) is 0 Å². The first kappa shape index (κ1) is 13.8. The first-order chi connectivity index (χ1) is 8.59. The quantitative estimate of drug-likeness (QED) is 0.692. The lowest BCUT2D eigenvalue weighted by Crippen LogP contribution is -2.26. The van der Waals surface area contributed by atoms with Gasteiger partial charge in [0.25, 0.3) is 5.56 Å². The van der Waals surface area contributed by atoms with Crippen LogP contribution in [0.5, 0.6) is 0 Å². The van der Waals surface area contributed by atoms with Gasteiger partial charge in [-0.1, -0.05) is 6.07 Å². The Balaban J connectivity index is 2.73. The van der Waals surface area contributed by atoms with E-state index in [9.17, 15) is 22.5 Å². The highest BCUT2D eigenvalue weighted by atomic mass is 31.2. The van der Waals surface area contributed by atoms with Crippen molar-refractivity contribution < 1.29 is 27.5 Å². The molecule has 9 heteroatoms. The van der Waals surface area contributed by atoms with E-state index in [-0.39, 0.29) is 10.9 Å². The van der Waals surface area contributed by atoms with Crippen LogP contribution in [0.2, 0.25) is 0 Å². The molecule has 0 spiro atoms. The highest BCUT2D eigenvalue weighted by Crippen LogP contribution is 2.33. The fraction of sp³-hybridized carbons (Fsp3) is 0.100. The smallest absolute Gasteiger partial charge is 0.321 e. The van der Waals surface area contributed by atoms with Crippen molar-refractivity contribution >= 4 is 23.8 Å². The summed E-state index contributed by atoms with van der Waals surface area (Å²) in [6, 6.07) is 3.40. The van der Waals surface area contributed by atoms with Crippen LogP contribution in [0.25, 0.3) is 10.9 Å². The van der Waals surface area contributed by atoms with Crippen LogP contribution in [-0.2, 0) is 10.7 Å². The summed E-state index contributed by atoms with van der Waals surface area (Å²) < 4.78 is 48.4. The summed E-state index contributed by atoms with van der Waals surface area (Å²) >= 11 is 0. The van der Waals surface area contributed by atoms with Crippen LogP contribution in [0.1, 0.15) is 5.56 Å². The van der Waals surface area contributed by atoms with Crippen molar-refractivity contribution in [3.05, 3.63) is 40.2 Å². The minimum absolute atomic E-state index is 0.103. The number of hydrogen-bond acceptors (Lipinski definition) is 2. The van der Waals surface area contributed by atoms with E-state index >= 15 is 0 Å². The van der Waals surface area contributed by atoms with Gasteiger partial charge in [0, 0.05) is 5.52 Å². The third-order valence-corrected chi connectivity index (χ3v) is 3.43. The zero-order valence-corrected chi connectivity index (χ0v) is 10.00. The molecule has 5 nitrogen and oxygen atoms in total. The largest absolute Gasteiger partial charge is 0.416 e. The molecule has 1 heterocycles. The highest BCUT2D eigenvalue weighted by Gasteiger charge is 2.31. The zero-order valence-electron chi connectivity index (χ0n) is 9.10. The zero-order chi connectivity index (χ0) is 14.4. The monoisotopic (exact) mass is 293 g/mol. The number of H-pyrrole nitrogens is 1. The van der Waals surface area contributed by atoms with E-state index in [1.165, 1.54) is 0 Å². The van der Waals surface area contributed by atoms with E-state index < -0.39 is 30.2 Å². The van der Waals surface area contributed by atoms with Gasteiger partial charge in [0.05, 0.1) is 5.56 Å². The number of aromatic nitrogens is 1. The lowest BCUT2D eigenvalue weighted by molar-refractivity contribution is -0.137. The molecule has 0 saturated carbocycles. The number of benzene rings is 1. The van der Waals surface area contributed by atoms with Crippen LogP contribution in [0.4, 0.5) is 13.2 Å². The molecule has 1 aromatic carbocycles. The van der Waals surface area contributed by atoms with Gasteiger partial charge < -0.3 is 14.8 Å². The number of nitrogens with one attached hydrogen (secondary N) is 1. The number of pyridine rings is 1. The first-order valence-electron chi connectivity index (χ1n) is 4.89. The second-order valence-electron chi connectivity index (χ2n) is 3.83. The Kier molecular flexibility index (Phi) is 3.04. The van der Waals surface area contributed by atoms with Crippen LogP contribution in [0.15, 0.2) is 29.1 Å². The van der Waals surface area contributed by atoms with Crippen LogP contribution < -0.4 is 10.9 Å². The summed E-state index contributed by atoms with van der Waals surface area (Å²) in [4.78, 5) is 31.3. The topological polar surface area (TPSA) is 90.4 Å². The van der Waals surface area contributed by atoms with Crippen molar-refractivity contribution in [3.63, 3.8) is 0 Å². The summed E-state index contributed by atoms with van der Waals surface area (Å²) in [5.74, 6) is 0. The summed E-state index contributed by atoms with van der Waals surface area (Å²) in [5.41, 5.74) is -2.21. The number of hydrogen-bond donors (Lipinski definition) is 3. The number of rotatable bonds is 1. The Labute approximate surface area is 103 Å². The molecule has 2 rings (SSSR count). The molecule has 0 amide bonds. The van der Waals surface area contributed by atoms with E-state index in [1.54, 1.807) is 0 Å². The second-order valence-corrected chi connectivity index (χ2v) is 5.40. The maximum Gasteiger partial charge on any atom is 0.416 e. The summed E-state index contributed by atoms with van der Waals surface area (Å²) in [7, 11) is -4.77. The molecule has 102 valence electrons. The van der Waals surface area contributed by atoms with Gasteiger partial charge in [-0.3, -0.25) is 9.36 Å². The third-order valence-electron chi connectivity index (χ3n) is 2.47. The van der Waals surface area contributed by atoms with Crippen molar-refractivity contribution in [2.24, 2.45) is 0 Å². The molecule has 0 saturated heterocycles. The predicted octanol–water partition coefficient (Wildman–Crippen LogP) is 1.35. The van der Waals surface area contributed by atoms with Crippen LogP contribution in [0.3, 0.4) is 0 Å². The van der Waals surface area contributed by atoms with Gasteiger partial charge in [0.15, 0.2) is 0 Å². The lowest BCUT2D eigenvalue weighted by atomic mass is 10.1. The van der Waals surface area contributed by atoms with Crippen molar-refractivity contribution in [1.29, 1.82) is 0 Å². The molecule has 0 atom stereocenters. The third kappa shape index (κ3) is 2.70. The molecule has 0 aliphatic heterocycles. The molecule has 0 unspecified atom stereocenters. The van der Waals surface area contributed by atoms with Crippen molar-refractivity contribution in [2.75, 3.05) is 0 Å². The molecular weight excluding hydrogens is 286 g/mol. The molecular formula is C10H7F3NO4P. The minimum atomic E-state index is -4.77. The molecule has 0 bridgehead atoms. The minimum Gasteiger partial charge on any atom is -0.321 e. The summed E-state index contributed by atoms with van der Waals surface area (Å²) in [6.45, 7) is 0. The fourth-order valence-electron chi connectivity index (χ4n) is 1.58. The number of halogens is 3. The molecule has 1 aromatic heterocycles. The van der Waals surface area contributed by atoms with Gasteiger partial charge in [0.2, 0.25) is 0 Å². The summed E-state index contributed by atoms with van der Waals surface area (Å²) in [5, 5.41) is -0.675. The average molecular weight is 293 g/mol. The van der Waals surface area contributed by atoms with Crippen LogP contribution in [-0.4, -0.2) is 14.8 Å². The van der Waals surface area contributed by atoms with Gasteiger partial charge in [-0.2, -0.15) is 13.2 Å². The molecule has 0 aliphatic rings. The van der Waals surface area contributed by atoms with Crippen molar-refractivity contribution in [3.8, 4) is 0 Å². The normalized spacial score (nSPS) is 12.9.